The lowest BCUT2D eigenvalue weighted by Crippen LogP contribution is -2.07. The Bertz CT molecular complexity index is 755. The molecule has 2 aromatic carbocycles. The molecule has 112 valence electrons. The monoisotopic (exact) mass is 292 g/mol. The zero-order chi connectivity index (χ0) is 15.5. The van der Waals surface area contributed by atoms with Gasteiger partial charge in [0.1, 0.15) is 5.69 Å². The summed E-state index contributed by atoms with van der Waals surface area (Å²) in [4.78, 5) is 0. The molecule has 0 aliphatic carbocycles. The highest BCUT2D eigenvalue weighted by atomic mass is 15.4. The number of hydrogen-bond acceptors (Lipinski definition) is 3. The molecule has 4 nitrogen and oxygen atoms in total. The summed E-state index contributed by atoms with van der Waals surface area (Å²) in [5, 5.41) is 8.58. The molecule has 4 heteroatoms. The summed E-state index contributed by atoms with van der Waals surface area (Å²) in [6.45, 7) is 4.58. The predicted octanol–water partition coefficient (Wildman–Crippen LogP) is 2.93. The van der Waals surface area contributed by atoms with E-state index in [4.69, 9.17) is 5.73 Å². The fraction of sp³-hybridized carbons (Fsp3) is 0.222. The lowest BCUT2D eigenvalue weighted by molar-refractivity contribution is 0.770. The molecule has 1 aromatic heterocycles. The van der Waals surface area contributed by atoms with E-state index < -0.39 is 0 Å². The van der Waals surface area contributed by atoms with Gasteiger partial charge < -0.3 is 5.73 Å². The molecule has 3 rings (SSSR count). The van der Waals surface area contributed by atoms with E-state index in [-0.39, 0.29) is 0 Å². The van der Waals surface area contributed by atoms with Gasteiger partial charge in [-0.3, -0.25) is 0 Å². The largest absolute Gasteiger partial charge is 0.325 e. The third-order valence-corrected chi connectivity index (χ3v) is 3.70. The topological polar surface area (TPSA) is 56.7 Å². The average Bonchev–Trinajstić information content (AvgIpc) is 2.90. The van der Waals surface area contributed by atoms with Gasteiger partial charge in [-0.1, -0.05) is 41.6 Å². The number of aromatic nitrogens is 3. The fourth-order valence-electron chi connectivity index (χ4n) is 2.74. The number of nitrogens with zero attached hydrogens (tertiary/aromatic N) is 3. The standard InChI is InChI=1S/C18H20N4/c1-13-8-14(2)10-16(9-13)22-18(17(12-19)20-21-22)11-15-6-4-3-5-7-15/h3-10H,11-12,19H2,1-2H3. The van der Waals surface area contributed by atoms with Gasteiger partial charge in [-0.05, 0) is 42.7 Å². The zero-order valence-electron chi connectivity index (χ0n) is 13.0. The molecule has 2 N–H and O–H groups in total. The summed E-state index contributed by atoms with van der Waals surface area (Å²) < 4.78 is 1.91. The minimum atomic E-state index is 0.396. The van der Waals surface area contributed by atoms with Gasteiger partial charge in [-0.2, -0.15) is 0 Å². The lowest BCUT2D eigenvalue weighted by atomic mass is 10.1. The summed E-state index contributed by atoms with van der Waals surface area (Å²) in [5.74, 6) is 0. The molecule has 0 aliphatic rings. The van der Waals surface area contributed by atoms with Crippen molar-refractivity contribution < 1.29 is 0 Å². The molecule has 1 heterocycles. The van der Waals surface area contributed by atoms with Gasteiger partial charge in [-0.25, -0.2) is 4.68 Å². The Balaban J connectivity index is 2.07. The Morgan fingerprint density at radius 3 is 2.32 bits per heavy atom. The highest BCUT2D eigenvalue weighted by Gasteiger charge is 2.14. The Morgan fingerprint density at radius 2 is 1.68 bits per heavy atom. The van der Waals surface area contributed by atoms with Crippen LogP contribution in [-0.2, 0) is 13.0 Å². The second kappa shape index (κ2) is 6.12. The van der Waals surface area contributed by atoms with E-state index in [1.807, 2.05) is 22.9 Å². The fourth-order valence-corrected chi connectivity index (χ4v) is 2.74. The summed E-state index contributed by atoms with van der Waals surface area (Å²) in [6.07, 6.45) is 0.771. The summed E-state index contributed by atoms with van der Waals surface area (Å²) in [5.41, 5.74) is 12.4. The first-order valence-corrected chi connectivity index (χ1v) is 7.43. The molecule has 0 spiro atoms. The SMILES string of the molecule is Cc1cc(C)cc(-n2nnc(CN)c2Cc2ccccc2)c1. The van der Waals surface area contributed by atoms with Crippen molar-refractivity contribution in [1.29, 1.82) is 0 Å². The molecule has 0 fully saturated rings. The van der Waals surface area contributed by atoms with E-state index in [0.717, 1.165) is 23.5 Å². The van der Waals surface area contributed by atoms with Crippen LogP contribution in [0.25, 0.3) is 5.69 Å². The number of benzene rings is 2. The maximum absolute atomic E-state index is 5.84. The van der Waals surface area contributed by atoms with Crippen LogP contribution in [0.1, 0.15) is 28.1 Å². The van der Waals surface area contributed by atoms with E-state index in [0.29, 0.717) is 6.54 Å². The Kier molecular flexibility index (Phi) is 4.02. The Labute approximate surface area is 130 Å². The number of nitrogens with two attached hydrogens (primary N) is 1. The van der Waals surface area contributed by atoms with E-state index in [1.54, 1.807) is 0 Å². The molecule has 3 aromatic rings. The van der Waals surface area contributed by atoms with Crippen LogP contribution in [-0.4, -0.2) is 15.0 Å². The van der Waals surface area contributed by atoms with Crippen molar-refractivity contribution in [3.63, 3.8) is 0 Å². The molecule has 0 saturated carbocycles. The third-order valence-electron chi connectivity index (χ3n) is 3.70. The van der Waals surface area contributed by atoms with E-state index in [2.05, 4.69) is 54.5 Å². The van der Waals surface area contributed by atoms with Crippen LogP contribution >= 0.6 is 0 Å². The van der Waals surface area contributed by atoms with Crippen molar-refractivity contribution in [2.75, 3.05) is 0 Å². The van der Waals surface area contributed by atoms with E-state index in [9.17, 15) is 0 Å². The maximum atomic E-state index is 5.84. The third kappa shape index (κ3) is 2.92. The predicted molar refractivity (Wildman–Crippen MR) is 88.0 cm³/mol. The number of rotatable bonds is 4. The zero-order valence-corrected chi connectivity index (χ0v) is 13.0. The molecule has 0 saturated heterocycles. The Hall–Kier alpha value is -2.46. The quantitative estimate of drug-likeness (QED) is 0.804. The molecule has 22 heavy (non-hydrogen) atoms. The van der Waals surface area contributed by atoms with Crippen molar-refractivity contribution in [3.8, 4) is 5.69 Å². The van der Waals surface area contributed by atoms with Crippen molar-refractivity contribution in [2.45, 2.75) is 26.8 Å². The molecule has 0 amide bonds. The van der Waals surface area contributed by atoms with Gasteiger partial charge in [0.05, 0.1) is 11.4 Å². The smallest absolute Gasteiger partial charge is 0.100 e. The van der Waals surface area contributed by atoms with Crippen LogP contribution < -0.4 is 5.73 Å². The minimum absolute atomic E-state index is 0.396. The van der Waals surface area contributed by atoms with Gasteiger partial charge in [-0.15, -0.1) is 5.10 Å². The second-order valence-electron chi connectivity index (χ2n) is 5.61. The average molecular weight is 292 g/mol. The molecule has 0 aliphatic heterocycles. The van der Waals surface area contributed by atoms with Crippen LogP contribution in [0.3, 0.4) is 0 Å². The molecule has 0 atom stereocenters. The van der Waals surface area contributed by atoms with Crippen LogP contribution in [0, 0.1) is 13.8 Å². The summed E-state index contributed by atoms with van der Waals surface area (Å²) >= 11 is 0. The highest BCUT2D eigenvalue weighted by molar-refractivity contribution is 5.41. The van der Waals surface area contributed by atoms with Gasteiger partial charge in [0.2, 0.25) is 0 Å². The van der Waals surface area contributed by atoms with E-state index >= 15 is 0 Å². The summed E-state index contributed by atoms with van der Waals surface area (Å²) in [7, 11) is 0. The Morgan fingerprint density at radius 1 is 1.00 bits per heavy atom. The van der Waals surface area contributed by atoms with Gasteiger partial charge in [0, 0.05) is 13.0 Å². The van der Waals surface area contributed by atoms with Gasteiger partial charge in [0.15, 0.2) is 0 Å². The van der Waals surface area contributed by atoms with Crippen molar-refractivity contribution >= 4 is 0 Å². The lowest BCUT2D eigenvalue weighted by Gasteiger charge is -2.10. The molecule has 0 radical (unpaired) electrons. The molecule has 0 bridgehead atoms. The van der Waals surface area contributed by atoms with Crippen LogP contribution in [0.4, 0.5) is 0 Å². The molecular formula is C18H20N4. The van der Waals surface area contributed by atoms with Gasteiger partial charge >= 0.3 is 0 Å². The van der Waals surface area contributed by atoms with E-state index in [1.165, 1.54) is 16.7 Å². The van der Waals surface area contributed by atoms with Crippen LogP contribution in [0.2, 0.25) is 0 Å². The van der Waals surface area contributed by atoms with Crippen molar-refractivity contribution in [2.24, 2.45) is 5.73 Å². The number of hydrogen-bond donors (Lipinski definition) is 1. The first-order valence-electron chi connectivity index (χ1n) is 7.43. The summed E-state index contributed by atoms with van der Waals surface area (Å²) in [6, 6.07) is 16.7. The van der Waals surface area contributed by atoms with Crippen molar-refractivity contribution in [3.05, 3.63) is 76.6 Å². The minimum Gasteiger partial charge on any atom is -0.325 e. The first-order chi connectivity index (χ1) is 10.7. The first kappa shape index (κ1) is 14.5. The molecular weight excluding hydrogens is 272 g/mol. The van der Waals surface area contributed by atoms with Crippen LogP contribution in [0.15, 0.2) is 48.5 Å². The molecule has 0 unspecified atom stereocenters. The maximum Gasteiger partial charge on any atom is 0.100 e. The number of aryl methyl sites for hydroxylation is 2. The van der Waals surface area contributed by atoms with Gasteiger partial charge in [0.25, 0.3) is 0 Å². The van der Waals surface area contributed by atoms with Crippen LogP contribution in [0.5, 0.6) is 0 Å². The van der Waals surface area contributed by atoms with Crippen molar-refractivity contribution in [1.82, 2.24) is 15.0 Å². The normalized spacial score (nSPS) is 10.9. The highest BCUT2D eigenvalue weighted by Crippen LogP contribution is 2.19. The second-order valence-corrected chi connectivity index (χ2v) is 5.61.